The molecule has 0 spiro atoms. The molecule has 0 aliphatic rings. The SMILES string of the molecule is Cc1[nH]c(=O)c2c(F)cccc2c1C(=O)O. The fourth-order valence-electron chi connectivity index (χ4n) is 1.74. The standard InChI is InChI=1S/C11H8FNO3/c1-5-8(11(15)16)6-3-2-4-7(12)9(6)10(14)13-5/h2-4H,1H3,(H,13,14)(H,15,16). The Morgan fingerprint density at radius 1 is 1.44 bits per heavy atom. The fourth-order valence-corrected chi connectivity index (χ4v) is 1.74. The fraction of sp³-hybridized carbons (Fsp3) is 0.0909. The highest BCUT2D eigenvalue weighted by Gasteiger charge is 2.16. The lowest BCUT2D eigenvalue weighted by molar-refractivity contribution is 0.0698. The van der Waals surface area contributed by atoms with Crippen LogP contribution >= 0.6 is 0 Å². The highest BCUT2D eigenvalue weighted by atomic mass is 19.1. The van der Waals surface area contributed by atoms with E-state index in [1.54, 1.807) is 0 Å². The van der Waals surface area contributed by atoms with Gasteiger partial charge in [-0.25, -0.2) is 9.18 Å². The van der Waals surface area contributed by atoms with E-state index in [0.29, 0.717) is 0 Å². The summed E-state index contributed by atoms with van der Waals surface area (Å²) in [7, 11) is 0. The molecule has 4 nitrogen and oxygen atoms in total. The number of aromatic carboxylic acids is 1. The van der Waals surface area contributed by atoms with Gasteiger partial charge in [-0.2, -0.15) is 0 Å². The summed E-state index contributed by atoms with van der Waals surface area (Å²) >= 11 is 0. The maximum Gasteiger partial charge on any atom is 0.338 e. The smallest absolute Gasteiger partial charge is 0.338 e. The van der Waals surface area contributed by atoms with Crippen LogP contribution in [0.5, 0.6) is 0 Å². The van der Waals surface area contributed by atoms with E-state index in [1.807, 2.05) is 0 Å². The average Bonchev–Trinajstić information content (AvgIpc) is 2.15. The van der Waals surface area contributed by atoms with Gasteiger partial charge in [-0.05, 0) is 13.0 Å². The monoisotopic (exact) mass is 221 g/mol. The van der Waals surface area contributed by atoms with Crippen LogP contribution in [0.2, 0.25) is 0 Å². The number of H-pyrrole nitrogens is 1. The number of pyridine rings is 1. The third-order valence-corrected chi connectivity index (χ3v) is 2.40. The number of nitrogens with one attached hydrogen (secondary N) is 1. The third-order valence-electron chi connectivity index (χ3n) is 2.40. The predicted molar refractivity (Wildman–Crippen MR) is 56.2 cm³/mol. The minimum absolute atomic E-state index is 0.0749. The molecule has 0 unspecified atom stereocenters. The minimum atomic E-state index is -1.19. The minimum Gasteiger partial charge on any atom is -0.478 e. The van der Waals surface area contributed by atoms with Gasteiger partial charge in [0.15, 0.2) is 0 Å². The van der Waals surface area contributed by atoms with Crippen molar-refractivity contribution in [1.82, 2.24) is 4.98 Å². The molecule has 0 saturated carbocycles. The Hall–Kier alpha value is -2.17. The highest BCUT2D eigenvalue weighted by molar-refractivity contribution is 6.04. The number of hydrogen-bond acceptors (Lipinski definition) is 2. The van der Waals surface area contributed by atoms with E-state index in [0.717, 1.165) is 6.07 Å². The first-order chi connectivity index (χ1) is 7.52. The van der Waals surface area contributed by atoms with Crippen LogP contribution in [0, 0.1) is 12.7 Å². The summed E-state index contributed by atoms with van der Waals surface area (Å²) < 4.78 is 13.4. The Bertz CT molecular complexity index is 645. The summed E-state index contributed by atoms with van der Waals surface area (Å²) in [5.74, 6) is -1.91. The molecule has 0 aliphatic carbocycles. The lowest BCUT2D eigenvalue weighted by atomic mass is 10.0. The van der Waals surface area contributed by atoms with Crippen molar-refractivity contribution in [2.75, 3.05) is 0 Å². The lowest BCUT2D eigenvalue weighted by Gasteiger charge is -2.05. The van der Waals surface area contributed by atoms with Crippen LogP contribution in [0.4, 0.5) is 4.39 Å². The molecule has 1 aromatic carbocycles. The lowest BCUT2D eigenvalue weighted by Crippen LogP contribution is -2.15. The summed E-state index contributed by atoms with van der Waals surface area (Å²) in [6.07, 6.45) is 0. The second kappa shape index (κ2) is 3.44. The number of carboxylic acids is 1. The molecular formula is C11H8FNO3. The van der Waals surface area contributed by atoms with Crippen LogP contribution < -0.4 is 5.56 Å². The van der Waals surface area contributed by atoms with Crippen molar-refractivity contribution < 1.29 is 14.3 Å². The average molecular weight is 221 g/mol. The van der Waals surface area contributed by atoms with Crippen LogP contribution in [-0.2, 0) is 0 Å². The first-order valence-electron chi connectivity index (χ1n) is 4.56. The first-order valence-corrected chi connectivity index (χ1v) is 4.56. The van der Waals surface area contributed by atoms with Crippen LogP contribution in [-0.4, -0.2) is 16.1 Å². The van der Waals surface area contributed by atoms with Gasteiger partial charge in [0.1, 0.15) is 5.82 Å². The van der Waals surface area contributed by atoms with Gasteiger partial charge in [0.2, 0.25) is 0 Å². The number of halogens is 1. The number of benzene rings is 1. The van der Waals surface area contributed by atoms with E-state index in [2.05, 4.69) is 4.98 Å². The first kappa shape index (κ1) is 10.4. The van der Waals surface area contributed by atoms with Gasteiger partial charge in [-0.1, -0.05) is 12.1 Å². The molecule has 0 atom stereocenters. The number of rotatable bonds is 1. The van der Waals surface area contributed by atoms with E-state index < -0.39 is 17.3 Å². The van der Waals surface area contributed by atoms with Crippen LogP contribution in [0.1, 0.15) is 16.1 Å². The number of fused-ring (bicyclic) bond motifs is 1. The summed E-state index contributed by atoms with van der Waals surface area (Å²) in [4.78, 5) is 24.8. The van der Waals surface area contributed by atoms with Crippen molar-refractivity contribution in [3.63, 3.8) is 0 Å². The zero-order chi connectivity index (χ0) is 11.9. The van der Waals surface area contributed by atoms with Gasteiger partial charge < -0.3 is 10.1 Å². The second-order valence-electron chi connectivity index (χ2n) is 3.42. The number of carbonyl (C=O) groups is 1. The molecule has 1 aromatic heterocycles. The Kier molecular flexibility index (Phi) is 2.23. The molecule has 1 heterocycles. The number of hydrogen-bond donors (Lipinski definition) is 2. The van der Waals surface area contributed by atoms with Crippen LogP contribution in [0.15, 0.2) is 23.0 Å². The quantitative estimate of drug-likeness (QED) is 0.769. The Morgan fingerprint density at radius 2 is 2.12 bits per heavy atom. The van der Waals surface area contributed by atoms with Crippen molar-refractivity contribution >= 4 is 16.7 Å². The van der Waals surface area contributed by atoms with Crippen LogP contribution in [0.3, 0.4) is 0 Å². The Labute approximate surface area is 89.3 Å². The summed E-state index contributed by atoms with van der Waals surface area (Å²) in [6.45, 7) is 1.47. The van der Waals surface area contributed by atoms with E-state index in [-0.39, 0.29) is 22.0 Å². The zero-order valence-corrected chi connectivity index (χ0v) is 8.37. The van der Waals surface area contributed by atoms with E-state index >= 15 is 0 Å². The largest absolute Gasteiger partial charge is 0.478 e. The third kappa shape index (κ3) is 1.37. The molecule has 0 amide bonds. The van der Waals surface area contributed by atoms with E-state index in [9.17, 15) is 14.0 Å². The maximum atomic E-state index is 13.4. The summed E-state index contributed by atoms with van der Waals surface area (Å²) in [6, 6.07) is 3.92. The molecule has 5 heteroatoms. The molecule has 0 bridgehead atoms. The molecule has 0 radical (unpaired) electrons. The van der Waals surface area contributed by atoms with Gasteiger partial charge >= 0.3 is 5.97 Å². The number of aryl methyl sites for hydroxylation is 1. The number of aromatic amines is 1. The van der Waals surface area contributed by atoms with Crippen molar-refractivity contribution in [1.29, 1.82) is 0 Å². The van der Waals surface area contributed by atoms with Crippen molar-refractivity contribution in [3.8, 4) is 0 Å². The van der Waals surface area contributed by atoms with E-state index in [4.69, 9.17) is 5.11 Å². The molecule has 2 aromatic rings. The normalized spacial score (nSPS) is 10.6. The zero-order valence-electron chi connectivity index (χ0n) is 8.37. The second-order valence-corrected chi connectivity index (χ2v) is 3.42. The highest BCUT2D eigenvalue weighted by Crippen LogP contribution is 2.19. The van der Waals surface area contributed by atoms with E-state index in [1.165, 1.54) is 19.1 Å². The van der Waals surface area contributed by atoms with Gasteiger partial charge in [-0.3, -0.25) is 4.79 Å². The topological polar surface area (TPSA) is 70.2 Å². The van der Waals surface area contributed by atoms with Crippen LogP contribution in [0.25, 0.3) is 10.8 Å². The van der Waals surface area contributed by atoms with Gasteiger partial charge in [-0.15, -0.1) is 0 Å². The predicted octanol–water partition coefficient (Wildman–Crippen LogP) is 1.67. The molecule has 2 N–H and O–H groups in total. The number of aromatic nitrogens is 1. The van der Waals surface area contributed by atoms with Crippen molar-refractivity contribution in [2.45, 2.75) is 6.92 Å². The molecular weight excluding hydrogens is 213 g/mol. The Balaban J connectivity index is 3.08. The molecule has 2 rings (SSSR count). The molecule has 82 valence electrons. The van der Waals surface area contributed by atoms with Gasteiger partial charge in [0, 0.05) is 11.1 Å². The number of carboxylic acid groups (broad SMARTS) is 1. The molecule has 0 aliphatic heterocycles. The van der Waals surface area contributed by atoms with Gasteiger partial charge in [0.25, 0.3) is 5.56 Å². The Morgan fingerprint density at radius 3 is 2.75 bits per heavy atom. The van der Waals surface area contributed by atoms with Crippen molar-refractivity contribution in [2.24, 2.45) is 0 Å². The van der Waals surface area contributed by atoms with Gasteiger partial charge in [0.05, 0.1) is 10.9 Å². The summed E-state index contributed by atoms with van der Waals surface area (Å²) in [5, 5.41) is 8.90. The van der Waals surface area contributed by atoms with Crippen molar-refractivity contribution in [3.05, 3.63) is 45.6 Å². The molecule has 16 heavy (non-hydrogen) atoms. The molecule has 0 saturated heterocycles. The molecule has 0 fully saturated rings. The summed E-state index contributed by atoms with van der Waals surface area (Å²) in [5.41, 5.74) is -0.472. The maximum absolute atomic E-state index is 13.4.